The molecule has 1 atom stereocenters. The van der Waals surface area contributed by atoms with Crippen LogP contribution in [0.1, 0.15) is 11.5 Å². The maximum atomic E-state index is 12.9. The van der Waals surface area contributed by atoms with Crippen molar-refractivity contribution >= 4 is 5.97 Å². The number of carbonyl (C=O) groups excluding carboxylic acids is 1. The zero-order valence-electron chi connectivity index (χ0n) is 8.47. The molecule has 1 aromatic carbocycles. The Morgan fingerprint density at radius 1 is 1.38 bits per heavy atom. The van der Waals surface area contributed by atoms with E-state index in [1.54, 1.807) is 0 Å². The van der Waals surface area contributed by atoms with E-state index in [9.17, 15) is 18.0 Å². The standard InChI is InChI=1S/C10H10F3NO2/c1-16-10(15)6(4-14)5-2-7(11)9(13)8(12)3-5/h2-3,6H,4,14H2,1H3. The molecule has 2 N–H and O–H groups in total. The first-order valence-electron chi connectivity index (χ1n) is 4.43. The second kappa shape index (κ2) is 4.98. The molecule has 1 aromatic rings. The number of hydrogen-bond donors (Lipinski definition) is 1. The topological polar surface area (TPSA) is 52.3 Å². The van der Waals surface area contributed by atoms with Crippen LogP contribution in [0.4, 0.5) is 13.2 Å². The molecule has 0 aliphatic carbocycles. The molecular weight excluding hydrogens is 223 g/mol. The highest BCUT2D eigenvalue weighted by atomic mass is 19.2. The number of methoxy groups -OCH3 is 1. The van der Waals surface area contributed by atoms with E-state index in [0.29, 0.717) is 0 Å². The Labute approximate surface area is 90.0 Å². The lowest BCUT2D eigenvalue weighted by Gasteiger charge is -2.13. The van der Waals surface area contributed by atoms with Gasteiger partial charge in [0.2, 0.25) is 0 Å². The zero-order valence-corrected chi connectivity index (χ0v) is 8.47. The minimum atomic E-state index is -1.58. The first kappa shape index (κ1) is 12.5. The van der Waals surface area contributed by atoms with Gasteiger partial charge in [-0.3, -0.25) is 4.79 Å². The fourth-order valence-corrected chi connectivity index (χ4v) is 1.29. The van der Waals surface area contributed by atoms with Crippen molar-refractivity contribution in [2.45, 2.75) is 5.92 Å². The molecule has 0 fully saturated rings. The summed E-state index contributed by atoms with van der Waals surface area (Å²) >= 11 is 0. The van der Waals surface area contributed by atoms with Crippen molar-refractivity contribution in [2.75, 3.05) is 13.7 Å². The Balaban J connectivity index is 3.16. The van der Waals surface area contributed by atoms with Gasteiger partial charge in [-0.2, -0.15) is 0 Å². The van der Waals surface area contributed by atoms with Crippen LogP contribution in [0.2, 0.25) is 0 Å². The molecule has 0 amide bonds. The summed E-state index contributed by atoms with van der Waals surface area (Å²) in [5.41, 5.74) is 5.23. The molecule has 0 aliphatic rings. The van der Waals surface area contributed by atoms with Gasteiger partial charge in [-0.15, -0.1) is 0 Å². The first-order chi connectivity index (χ1) is 7.51. The van der Waals surface area contributed by atoms with Gasteiger partial charge in [0, 0.05) is 6.54 Å². The Kier molecular flexibility index (Phi) is 3.89. The van der Waals surface area contributed by atoms with Crippen LogP contribution >= 0.6 is 0 Å². The minimum Gasteiger partial charge on any atom is -0.469 e. The van der Waals surface area contributed by atoms with Gasteiger partial charge in [-0.25, -0.2) is 13.2 Å². The third kappa shape index (κ3) is 2.33. The summed E-state index contributed by atoms with van der Waals surface area (Å²) in [7, 11) is 1.13. The molecule has 88 valence electrons. The van der Waals surface area contributed by atoms with E-state index in [4.69, 9.17) is 5.73 Å². The molecule has 3 nitrogen and oxygen atoms in total. The summed E-state index contributed by atoms with van der Waals surface area (Å²) in [6, 6.07) is 1.46. The van der Waals surface area contributed by atoms with Gasteiger partial charge < -0.3 is 10.5 Å². The summed E-state index contributed by atoms with van der Waals surface area (Å²) < 4.78 is 42.9. The number of benzene rings is 1. The van der Waals surface area contributed by atoms with Gasteiger partial charge >= 0.3 is 5.97 Å². The van der Waals surface area contributed by atoms with Crippen LogP contribution < -0.4 is 5.73 Å². The van der Waals surface area contributed by atoms with Crippen LogP contribution in [0.25, 0.3) is 0 Å². The molecule has 0 spiro atoms. The summed E-state index contributed by atoms with van der Waals surface area (Å²) in [5.74, 6) is -6.04. The summed E-state index contributed by atoms with van der Waals surface area (Å²) in [6.07, 6.45) is 0. The van der Waals surface area contributed by atoms with Crippen LogP contribution in [0.5, 0.6) is 0 Å². The summed E-state index contributed by atoms with van der Waals surface area (Å²) in [4.78, 5) is 11.2. The third-order valence-electron chi connectivity index (χ3n) is 2.13. The minimum absolute atomic E-state index is 0.0502. The Bertz CT molecular complexity index is 386. The zero-order chi connectivity index (χ0) is 12.3. The molecular formula is C10H10F3NO2. The van der Waals surface area contributed by atoms with Crippen molar-refractivity contribution in [1.29, 1.82) is 0 Å². The lowest BCUT2D eigenvalue weighted by molar-refractivity contribution is -0.142. The smallest absolute Gasteiger partial charge is 0.314 e. The van der Waals surface area contributed by atoms with Gasteiger partial charge in [0.1, 0.15) is 0 Å². The van der Waals surface area contributed by atoms with Crippen molar-refractivity contribution in [3.05, 3.63) is 35.1 Å². The summed E-state index contributed by atoms with van der Waals surface area (Å²) in [6.45, 7) is -0.183. The maximum Gasteiger partial charge on any atom is 0.314 e. The van der Waals surface area contributed by atoms with Crippen LogP contribution in [0.15, 0.2) is 12.1 Å². The second-order valence-corrected chi connectivity index (χ2v) is 3.11. The molecule has 1 unspecified atom stereocenters. The van der Waals surface area contributed by atoms with E-state index in [1.165, 1.54) is 0 Å². The lowest BCUT2D eigenvalue weighted by Crippen LogP contribution is -2.23. The highest BCUT2D eigenvalue weighted by Gasteiger charge is 2.23. The predicted octanol–water partition coefficient (Wildman–Crippen LogP) is 1.32. The number of esters is 1. The van der Waals surface area contributed by atoms with E-state index in [1.807, 2.05) is 0 Å². The van der Waals surface area contributed by atoms with Gasteiger partial charge in [0.25, 0.3) is 0 Å². The third-order valence-corrected chi connectivity index (χ3v) is 2.13. The number of hydrogen-bond acceptors (Lipinski definition) is 3. The fraction of sp³-hybridized carbons (Fsp3) is 0.300. The van der Waals surface area contributed by atoms with Crippen molar-refractivity contribution in [3.63, 3.8) is 0 Å². The van der Waals surface area contributed by atoms with E-state index in [2.05, 4.69) is 4.74 Å². The van der Waals surface area contributed by atoms with Gasteiger partial charge in [0.15, 0.2) is 17.5 Å². The largest absolute Gasteiger partial charge is 0.469 e. The molecule has 0 radical (unpaired) electrons. The van der Waals surface area contributed by atoms with Crippen LogP contribution in [-0.2, 0) is 9.53 Å². The van der Waals surface area contributed by atoms with Crippen molar-refractivity contribution in [3.8, 4) is 0 Å². The van der Waals surface area contributed by atoms with E-state index in [-0.39, 0.29) is 12.1 Å². The molecule has 0 aliphatic heterocycles. The van der Waals surface area contributed by atoms with Crippen LogP contribution in [-0.4, -0.2) is 19.6 Å². The Hall–Kier alpha value is -1.56. The van der Waals surface area contributed by atoms with Gasteiger partial charge in [-0.1, -0.05) is 0 Å². The van der Waals surface area contributed by atoms with E-state index < -0.39 is 29.3 Å². The Morgan fingerprint density at radius 2 is 1.88 bits per heavy atom. The number of carbonyl (C=O) groups is 1. The lowest BCUT2D eigenvalue weighted by atomic mass is 9.99. The molecule has 6 heteroatoms. The normalized spacial score (nSPS) is 12.3. The highest BCUT2D eigenvalue weighted by Crippen LogP contribution is 2.21. The Morgan fingerprint density at radius 3 is 2.25 bits per heavy atom. The van der Waals surface area contributed by atoms with Crippen molar-refractivity contribution in [1.82, 2.24) is 0 Å². The molecule has 0 heterocycles. The molecule has 1 rings (SSSR count). The SMILES string of the molecule is COC(=O)C(CN)c1cc(F)c(F)c(F)c1. The molecule has 0 bridgehead atoms. The van der Waals surface area contributed by atoms with E-state index in [0.717, 1.165) is 19.2 Å². The van der Waals surface area contributed by atoms with E-state index >= 15 is 0 Å². The van der Waals surface area contributed by atoms with Crippen LogP contribution in [0, 0.1) is 17.5 Å². The quantitative estimate of drug-likeness (QED) is 0.632. The summed E-state index contributed by atoms with van der Waals surface area (Å²) in [5, 5.41) is 0. The molecule has 0 saturated heterocycles. The monoisotopic (exact) mass is 233 g/mol. The van der Waals surface area contributed by atoms with Gasteiger partial charge in [-0.05, 0) is 17.7 Å². The first-order valence-corrected chi connectivity index (χ1v) is 4.43. The number of nitrogens with two attached hydrogens (primary N) is 1. The van der Waals surface area contributed by atoms with Crippen molar-refractivity contribution < 1.29 is 22.7 Å². The average Bonchev–Trinajstić information content (AvgIpc) is 2.26. The maximum absolute atomic E-state index is 12.9. The number of rotatable bonds is 3. The molecule has 0 aromatic heterocycles. The predicted molar refractivity (Wildman–Crippen MR) is 50.1 cm³/mol. The fourth-order valence-electron chi connectivity index (χ4n) is 1.29. The highest BCUT2D eigenvalue weighted by molar-refractivity contribution is 5.78. The van der Waals surface area contributed by atoms with Gasteiger partial charge in [0.05, 0.1) is 13.0 Å². The van der Waals surface area contributed by atoms with Crippen molar-refractivity contribution in [2.24, 2.45) is 5.73 Å². The number of ether oxygens (including phenoxy) is 1. The molecule has 16 heavy (non-hydrogen) atoms. The average molecular weight is 233 g/mol. The second-order valence-electron chi connectivity index (χ2n) is 3.11. The number of halogens is 3. The van der Waals surface area contributed by atoms with Crippen LogP contribution in [0.3, 0.4) is 0 Å². The molecule has 0 saturated carbocycles.